The number of nitrogens with one attached hydrogen (secondary N) is 1. The number of benzene rings is 1. The molecular weight excluding hydrogens is 260 g/mol. The molecule has 0 amide bonds. The van der Waals surface area contributed by atoms with Crippen molar-refractivity contribution in [3.8, 4) is 0 Å². The van der Waals surface area contributed by atoms with Crippen LogP contribution in [0.4, 0.5) is 5.82 Å². The van der Waals surface area contributed by atoms with E-state index in [9.17, 15) is 0 Å². The molecular formula is C18H26N2O. The molecule has 0 saturated carbocycles. The lowest BCUT2D eigenvalue weighted by atomic mass is 10.1. The minimum Gasteiger partial charge on any atom is -0.373 e. The first-order valence-electron chi connectivity index (χ1n) is 7.86. The van der Waals surface area contributed by atoms with Gasteiger partial charge < -0.3 is 10.1 Å². The molecule has 2 aromatic rings. The Hall–Kier alpha value is -1.61. The number of anilines is 1. The zero-order chi connectivity index (χ0) is 15.2. The summed E-state index contributed by atoms with van der Waals surface area (Å²) in [4.78, 5) is 4.74. The van der Waals surface area contributed by atoms with E-state index in [1.165, 1.54) is 0 Å². The largest absolute Gasteiger partial charge is 0.373 e. The zero-order valence-corrected chi connectivity index (χ0v) is 13.5. The Labute approximate surface area is 127 Å². The van der Waals surface area contributed by atoms with Crippen LogP contribution in [0.15, 0.2) is 30.3 Å². The van der Waals surface area contributed by atoms with Gasteiger partial charge in [-0.05, 0) is 31.4 Å². The lowest BCUT2D eigenvalue weighted by Crippen LogP contribution is -2.16. The lowest BCUT2D eigenvalue weighted by Gasteiger charge is -2.18. The Balaban J connectivity index is 2.25. The average molecular weight is 286 g/mol. The number of para-hydroxylation sites is 1. The fraction of sp³-hybridized carbons (Fsp3) is 0.500. The number of rotatable bonds is 7. The summed E-state index contributed by atoms with van der Waals surface area (Å²) >= 11 is 0. The average Bonchev–Trinajstić information content (AvgIpc) is 2.49. The van der Waals surface area contributed by atoms with Crippen molar-refractivity contribution in [2.24, 2.45) is 5.92 Å². The Morgan fingerprint density at radius 1 is 1.19 bits per heavy atom. The van der Waals surface area contributed by atoms with E-state index < -0.39 is 0 Å². The van der Waals surface area contributed by atoms with Crippen LogP contribution < -0.4 is 5.32 Å². The standard InChI is InChI=1S/C18H26N2O/c1-5-10-19-18-16(12-21-14(4)13(2)3)11-15-8-6-7-9-17(15)20-18/h6-9,11,13-14H,5,10,12H2,1-4H3,(H,19,20). The number of nitrogens with zero attached hydrogens (tertiary/aromatic N) is 1. The van der Waals surface area contributed by atoms with Gasteiger partial charge in [-0.1, -0.05) is 39.0 Å². The van der Waals surface area contributed by atoms with Crippen molar-refractivity contribution in [1.82, 2.24) is 4.98 Å². The van der Waals surface area contributed by atoms with Crippen LogP contribution in [0.3, 0.4) is 0 Å². The molecule has 114 valence electrons. The highest BCUT2D eigenvalue weighted by Gasteiger charge is 2.11. The van der Waals surface area contributed by atoms with Crippen LogP contribution in [0, 0.1) is 5.92 Å². The molecule has 3 heteroatoms. The van der Waals surface area contributed by atoms with Gasteiger partial charge in [-0.25, -0.2) is 4.98 Å². The minimum atomic E-state index is 0.246. The third kappa shape index (κ3) is 4.18. The first-order valence-corrected chi connectivity index (χ1v) is 7.86. The van der Waals surface area contributed by atoms with E-state index in [0.717, 1.165) is 35.2 Å². The quantitative estimate of drug-likeness (QED) is 0.806. The molecule has 3 nitrogen and oxygen atoms in total. The molecule has 0 radical (unpaired) electrons. The Morgan fingerprint density at radius 3 is 2.67 bits per heavy atom. The molecule has 0 spiro atoms. The molecule has 1 unspecified atom stereocenters. The lowest BCUT2D eigenvalue weighted by molar-refractivity contribution is 0.0237. The van der Waals surface area contributed by atoms with Gasteiger partial charge in [0.1, 0.15) is 5.82 Å². The molecule has 0 saturated heterocycles. The van der Waals surface area contributed by atoms with Gasteiger partial charge in [0.15, 0.2) is 0 Å². The summed E-state index contributed by atoms with van der Waals surface area (Å²) in [6, 6.07) is 10.4. The van der Waals surface area contributed by atoms with Crippen LogP contribution in [0.1, 0.15) is 39.7 Å². The number of aromatic nitrogens is 1. The van der Waals surface area contributed by atoms with E-state index in [4.69, 9.17) is 9.72 Å². The van der Waals surface area contributed by atoms with Gasteiger partial charge in [0, 0.05) is 17.5 Å². The van der Waals surface area contributed by atoms with Crippen LogP contribution in [0.5, 0.6) is 0 Å². The smallest absolute Gasteiger partial charge is 0.132 e. The molecule has 1 aromatic heterocycles. The van der Waals surface area contributed by atoms with E-state index >= 15 is 0 Å². The van der Waals surface area contributed by atoms with Crippen molar-refractivity contribution < 1.29 is 4.74 Å². The number of fused-ring (bicyclic) bond motifs is 1. The van der Waals surface area contributed by atoms with Crippen LogP contribution >= 0.6 is 0 Å². The van der Waals surface area contributed by atoms with Gasteiger partial charge in [-0.15, -0.1) is 0 Å². The predicted molar refractivity (Wildman–Crippen MR) is 89.6 cm³/mol. The monoisotopic (exact) mass is 286 g/mol. The number of pyridine rings is 1. The van der Waals surface area contributed by atoms with Gasteiger partial charge in [0.05, 0.1) is 18.2 Å². The maximum Gasteiger partial charge on any atom is 0.132 e. The second kappa shape index (κ2) is 7.41. The summed E-state index contributed by atoms with van der Waals surface area (Å²) in [7, 11) is 0. The van der Waals surface area contributed by atoms with E-state index in [1.54, 1.807) is 0 Å². The third-order valence-electron chi connectivity index (χ3n) is 3.79. The highest BCUT2D eigenvalue weighted by atomic mass is 16.5. The van der Waals surface area contributed by atoms with E-state index in [0.29, 0.717) is 12.5 Å². The minimum absolute atomic E-state index is 0.246. The van der Waals surface area contributed by atoms with Gasteiger partial charge in [-0.3, -0.25) is 0 Å². The second-order valence-corrected chi connectivity index (χ2v) is 5.88. The van der Waals surface area contributed by atoms with Gasteiger partial charge in [0.25, 0.3) is 0 Å². The molecule has 1 atom stereocenters. The SMILES string of the molecule is CCCNc1nc2ccccc2cc1COC(C)C(C)C. The predicted octanol–water partition coefficient (Wildman–Crippen LogP) is 4.62. The van der Waals surface area contributed by atoms with E-state index in [1.807, 2.05) is 18.2 Å². The van der Waals surface area contributed by atoms with Crippen molar-refractivity contribution in [2.75, 3.05) is 11.9 Å². The van der Waals surface area contributed by atoms with Crippen molar-refractivity contribution >= 4 is 16.7 Å². The Morgan fingerprint density at radius 2 is 1.95 bits per heavy atom. The van der Waals surface area contributed by atoms with Crippen molar-refractivity contribution in [3.05, 3.63) is 35.9 Å². The Bertz CT molecular complexity index is 580. The molecule has 0 aliphatic carbocycles. The second-order valence-electron chi connectivity index (χ2n) is 5.88. The van der Waals surface area contributed by atoms with E-state index in [2.05, 4.69) is 45.1 Å². The molecule has 0 fully saturated rings. The first-order chi connectivity index (χ1) is 10.1. The highest BCUT2D eigenvalue weighted by Crippen LogP contribution is 2.22. The summed E-state index contributed by atoms with van der Waals surface area (Å²) in [5.41, 5.74) is 2.16. The van der Waals surface area contributed by atoms with Crippen LogP contribution in [0.2, 0.25) is 0 Å². The summed E-state index contributed by atoms with van der Waals surface area (Å²) < 4.78 is 5.98. The molecule has 2 rings (SSSR count). The topological polar surface area (TPSA) is 34.2 Å². The van der Waals surface area contributed by atoms with Crippen molar-refractivity contribution in [2.45, 2.75) is 46.8 Å². The highest BCUT2D eigenvalue weighted by molar-refractivity contribution is 5.81. The number of ether oxygens (including phenoxy) is 1. The molecule has 0 aliphatic rings. The van der Waals surface area contributed by atoms with Crippen LogP contribution in [-0.4, -0.2) is 17.6 Å². The fourth-order valence-electron chi connectivity index (χ4n) is 2.08. The summed E-state index contributed by atoms with van der Waals surface area (Å²) in [6.45, 7) is 10.2. The molecule has 0 aliphatic heterocycles. The number of hydrogen-bond donors (Lipinski definition) is 1. The molecule has 1 aromatic carbocycles. The van der Waals surface area contributed by atoms with Crippen LogP contribution in [0.25, 0.3) is 10.9 Å². The first kappa shape index (κ1) is 15.8. The van der Waals surface area contributed by atoms with Gasteiger partial charge in [0.2, 0.25) is 0 Å². The van der Waals surface area contributed by atoms with Crippen LogP contribution in [-0.2, 0) is 11.3 Å². The zero-order valence-electron chi connectivity index (χ0n) is 13.5. The maximum absolute atomic E-state index is 5.98. The molecule has 1 N–H and O–H groups in total. The van der Waals surface area contributed by atoms with Gasteiger partial charge in [-0.2, -0.15) is 0 Å². The maximum atomic E-state index is 5.98. The fourth-order valence-corrected chi connectivity index (χ4v) is 2.08. The molecule has 21 heavy (non-hydrogen) atoms. The molecule has 1 heterocycles. The van der Waals surface area contributed by atoms with Gasteiger partial charge >= 0.3 is 0 Å². The normalized spacial score (nSPS) is 12.8. The van der Waals surface area contributed by atoms with Crippen molar-refractivity contribution in [1.29, 1.82) is 0 Å². The third-order valence-corrected chi connectivity index (χ3v) is 3.79. The van der Waals surface area contributed by atoms with E-state index in [-0.39, 0.29) is 6.10 Å². The summed E-state index contributed by atoms with van der Waals surface area (Å²) in [5, 5.41) is 4.58. The summed E-state index contributed by atoms with van der Waals surface area (Å²) in [5.74, 6) is 1.47. The molecule has 0 bridgehead atoms. The summed E-state index contributed by atoms with van der Waals surface area (Å²) in [6.07, 6.45) is 1.33. The van der Waals surface area contributed by atoms with Crippen molar-refractivity contribution in [3.63, 3.8) is 0 Å². The number of hydrogen-bond acceptors (Lipinski definition) is 3. The Kier molecular flexibility index (Phi) is 5.57.